The highest BCUT2D eigenvalue weighted by atomic mass is 14.9. The molecule has 0 saturated carbocycles. The molecule has 4 atom stereocenters. The zero-order valence-corrected chi connectivity index (χ0v) is 25.7. The molecule has 0 aromatic heterocycles. The fourth-order valence-corrected chi connectivity index (χ4v) is 5.51. The quantitative estimate of drug-likeness (QED) is 0.105. The number of unbranched alkanes of at least 4 members (excludes halogenated alkanes) is 8. The van der Waals surface area contributed by atoms with Crippen LogP contribution in [0.25, 0.3) is 0 Å². The van der Waals surface area contributed by atoms with Crippen LogP contribution in [0.3, 0.4) is 0 Å². The van der Waals surface area contributed by atoms with Gasteiger partial charge in [0, 0.05) is 24.2 Å². The molecule has 0 heterocycles. The van der Waals surface area contributed by atoms with E-state index < -0.39 is 0 Å². The van der Waals surface area contributed by atoms with Crippen LogP contribution in [0, 0.1) is 11.8 Å². The largest absolute Gasteiger partial charge is 0.314 e. The van der Waals surface area contributed by atoms with Gasteiger partial charge in [0.05, 0.1) is 0 Å². The van der Waals surface area contributed by atoms with Crippen molar-refractivity contribution in [2.75, 3.05) is 13.1 Å². The molecule has 0 aliphatic carbocycles. The topological polar surface area (TPSA) is 36.1 Å². The van der Waals surface area contributed by atoms with Gasteiger partial charge < -0.3 is 16.0 Å². The lowest BCUT2D eigenvalue weighted by Crippen LogP contribution is -2.37. The standard InChI is InChI=1S/C32H69N3/c1-9-31(21-17-13-11-15-19-23-33-29(7)25-27(3)4)35-32(10-2)22-18-14-12-16-20-24-34-30(8)26-28(5)6/h27-35H,9-26H2,1-8H3. The maximum Gasteiger partial charge on any atom is 0.00670 e. The van der Waals surface area contributed by atoms with Crippen molar-refractivity contribution in [3.63, 3.8) is 0 Å². The summed E-state index contributed by atoms with van der Waals surface area (Å²) in [6, 6.07) is 2.78. The monoisotopic (exact) mass is 496 g/mol. The molecule has 0 spiro atoms. The van der Waals surface area contributed by atoms with Gasteiger partial charge in [-0.2, -0.15) is 0 Å². The Balaban J connectivity index is 3.71. The lowest BCUT2D eigenvalue weighted by Gasteiger charge is -2.24. The van der Waals surface area contributed by atoms with Crippen LogP contribution in [-0.4, -0.2) is 37.3 Å². The Labute approximate surface area is 223 Å². The van der Waals surface area contributed by atoms with Crippen LogP contribution in [0.2, 0.25) is 0 Å². The van der Waals surface area contributed by atoms with E-state index in [1.807, 2.05) is 0 Å². The lowest BCUT2D eigenvalue weighted by molar-refractivity contribution is 0.356. The molecule has 3 heteroatoms. The fraction of sp³-hybridized carbons (Fsp3) is 1.00. The molecule has 3 nitrogen and oxygen atoms in total. The molecule has 0 rings (SSSR count). The molecular formula is C32H69N3. The molecule has 35 heavy (non-hydrogen) atoms. The summed E-state index contributed by atoms with van der Waals surface area (Å²) >= 11 is 0. The van der Waals surface area contributed by atoms with E-state index in [1.165, 1.54) is 116 Å². The second-order valence-corrected chi connectivity index (χ2v) is 12.5. The van der Waals surface area contributed by atoms with E-state index in [9.17, 15) is 0 Å². The molecule has 0 aromatic rings. The number of rotatable bonds is 26. The highest BCUT2D eigenvalue weighted by Gasteiger charge is 2.12. The van der Waals surface area contributed by atoms with Gasteiger partial charge in [0.25, 0.3) is 0 Å². The summed E-state index contributed by atoms with van der Waals surface area (Å²) in [5, 5.41) is 11.4. The smallest absolute Gasteiger partial charge is 0.00670 e. The van der Waals surface area contributed by atoms with Crippen molar-refractivity contribution >= 4 is 0 Å². The number of nitrogens with one attached hydrogen (secondary N) is 3. The van der Waals surface area contributed by atoms with Crippen molar-refractivity contribution in [3.8, 4) is 0 Å². The summed E-state index contributed by atoms with van der Waals surface area (Å²) in [4.78, 5) is 0. The van der Waals surface area contributed by atoms with Crippen molar-refractivity contribution in [3.05, 3.63) is 0 Å². The van der Waals surface area contributed by atoms with Crippen molar-refractivity contribution in [1.82, 2.24) is 16.0 Å². The third-order valence-corrected chi connectivity index (χ3v) is 7.55. The zero-order chi connectivity index (χ0) is 26.3. The average Bonchev–Trinajstić information content (AvgIpc) is 2.79. The first-order valence-electron chi connectivity index (χ1n) is 16.0. The first-order chi connectivity index (χ1) is 16.8. The van der Waals surface area contributed by atoms with E-state index in [0.29, 0.717) is 12.1 Å². The Bertz CT molecular complexity index is 385. The van der Waals surface area contributed by atoms with Gasteiger partial charge in [-0.25, -0.2) is 0 Å². The summed E-state index contributed by atoms with van der Waals surface area (Å²) in [5.41, 5.74) is 0. The third-order valence-electron chi connectivity index (χ3n) is 7.55. The SMILES string of the molecule is CCC(CCCCCCCNC(C)CC(C)C)NC(CC)CCCCCCCNC(C)CC(C)C. The van der Waals surface area contributed by atoms with Crippen LogP contribution in [0.1, 0.15) is 158 Å². The summed E-state index contributed by atoms with van der Waals surface area (Å²) < 4.78 is 0. The molecule has 0 fully saturated rings. The van der Waals surface area contributed by atoms with Gasteiger partial charge in [-0.15, -0.1) is 0 Å². The molecule has 0 radical (unpaired) electrons. The van der Waals surface area contributed by atoms with E-state index in [0.717, 1.165) is 23.9 Å². The third kappa shape index (κ3) is 24.0. The molecule has 212 valence electrons. The van der Waals surface area contributed by atoms with Gasteiger partial charge in [0.2, 0.25) is 0 Å². The van der Waals surface area contributed by atoms with Gasteiger partial charge in [-0.05, 0) is 90.1 Å². The Morgan fingerprint density at radius 3 is 1.14 bits per heavy atom. The van der Waals surface area contributed by atoms with Crippen molar-refractivity contribution in [2.24, 2.45) is 11.8 Å². The van der Waals surface area contributed by atoms with Crippen LogP contribution in [0.4, 0.5) is 0 Å². The van der Waals surface area contributed by atoms with E-state index in [1.54, 1.807) is 0 Å². The molecule has 0 amide bonds. The van der Waals surface area contributed by atoms with Crippen LogP contribution in [0.15, 0.2) is 0 Å². The summed E-state index contributed by atoms with van der Waals surface area (Å²) in [6.07, 6.45) is 21.7. The normalized spacial score (nSPS) is 15.6. The van der Waals surface area contributed by atoms with E-state index in [-0.39, 0.29) is 0 Å². The Kier molecular flexibility index (Phi) is 24.1. The van der Waals surface area contributed by atoms with Crippen LogP contribution < -0.4 is 16.0 Å². The second kappa shape index (κ2) is 24.2. The Morgan fingerprint density at radius 2 is 0.800 bits per heavy atom. The zero-order valence-electron chi connectivity index (χ0n) is 25.7. The lowest BCUT2D eigenvalue weighted by atomic mass is 10.00. The molecule has 0 saturated heterocycles. The molecule has 0 bridgehead atoms. The minimum absolute atomic E-state index is 0.670. The first-order valence-corrected chi connectivity index (χ1v) is 16.0. The van der Waals surface area contributed by atoms with Crippen LogP contribution in [0.5, 0.6) is 0 Å². The summed E-state index contributed by atoms with van der Waals surface area (Å²) in [5.74, 6) is 1.59. The van der Waals surface area contributed by atoms with Crippen molar-refractivity contribution in [2.45, 2.75) is 182 Å². The molecule has 4 unspecified atom stereocenters. The number of hydrogen-bond donors (Lipinski definition) is 3. The maximum atomic E-state index is 4.01. The van der Waals surface area contributed by atoms with Gasteiger partial charge in [0.1, 0.15) is 0 Å². The molecular weight excluding hydrogens is 426 g/mol. The van der Waals surface area contributed by atoms with Crippen LogP contribution >= 0.6 is 0 Å². The minimum Gasteiger partial charge on any atom is -0.314 e. The maximum absolute atomic E-state index is 4.01. The van der Waals surface area contributed by atoms with Gasteiger partial charge >= 0.3 is 0 Å². The first kappa shape index (κ1) is 34.9. The predicted octanol–water partition coefficient (Wildman–Crippen LogP) is 8.86. The second-order valence-electron chi connectivity index (χ2n) is 12.5. The van der Waals surface area contributed by atoms with E-state index in [2.05, 4.69) is 71.3 Å². The summed E-state index contributed by atoms with van der Waals surface area (Å²) in [7, 11) is 0. The fourth-order valence-electron chi connectivity index (χ4n) is 5.51. The van der Waals surface area contributed by atoms with Gasteiger partial charge in [-0.3, -0.25) is 0 Å². The van der Waals surface area contributed by atoms with Crippen molar-refractivity contribution in [1.29, 1.82) is 0 Å². The molecule has 0 aromatic carbocycles. The van der Waals surface area contributed by atoms with E-state index in [4.69, 9.17) is 0 Å². The van der Waals surface area contributed by atoms with Crippen LogP contribution in [-0.2, 0) is 0 Å². The highest BCUT2D eigenvalue weighted by Crippen LogP contribution is 2.14. The highest BCUT2D eigenvalue weighted by molar-refractivity contribution is 4.73. The van der Waals surface area contributed by atoms with Gasteiger partial charge in [-0.1, -0.05) is 92.9 Å². The molecule has 0 aliphatic rings. The minimum atomic E-state index is 0.670. The average molecular weight is 496 g/mol. The van der Waals surface area contributed by atoms with Gasteiger partial charge in [0.15, 0.2) is 0 Å². The summed E-state index contributed by atoms with van der Waals surface area (Å²) in [6.45, 7) is 21.0. The Morgan fingerprint density at radius 1 is 0.457 bits per heavy atom. The van der Waals surface area contributed by atoms with E-state index >= 15 is 0 Å². The Hall–Kier alpha value is -0.120. The molecule has 3 N–H and O–H groups in total. The predicted molar refractivity (Wildman–Crippen MR) is 161 cm³/mol. The molecule has 0 aliphatic heterocycles. The van der Waals surface area contributed by atoms with Crippen molar-refractivity contribution < 1.29 is 0 Å². The number of hydrogen-bond acceptors (Lipinski definition) is 3.